The van der Waals surface area contributed by atoms with E-state index in [1.807, 2.05) is 48.6 Å². The van der Waals surface area contributed by atoms with Gasteiger partial charge in [-0.05, 0) is 60.9 Å². The Hall–Kier alpha value is -4.08. The number of benzene rings is 1. The number of anilines is 2. The molecule has 31 heavy (non-hydrogen) atoms. The van der Waals surface area contributed by atoms with E-state index in [0.717, 1.165) is 46.7 Å². The van der Waals surface area contributed by atoms with Crippen molar-refractivity contribution < 1.29 is 0 Å². The first-order valence-corrected chi connectivity index (χ1v) is 9.94. The highest BCUT2D eigenvalue weighted by molar-refractivity contribution is 5.69. The van der Waals surface area contributed by atoms with Crippen molar-refractivity contribution in [2.24, 2.45) is 5.73 Å². The second-order valence-electron chi connectivity index (χ2n) is 6.66. The van der Waals surface area contributed by atoms with E-state index >= 15 is 0 Å². The summed E-state index contributed by atoms with van der Waals surface area (Å²) in [5.41, 5.74) is 10.2. The molecule has 3 N–H and O–H groups in total. The summed E-state index contributed by atoms with van der Waals surface area (Å²) in [6.07, 6.45) is 15.1. The summed E-state index contributed by atoms with van der Waals surface area (Å²) in [6, 6.07) is 16.0. The maximum absolute atomic E-state index is 8.98. The van der Waals surface area contributed by atoms with Crippen LogP contribution in [0.2, 0.25) is 0 Å². The van der Waals surface area contributed by atoms with Crippen molar-refractivity contribution >= 4 is 17.1 Å². The minimum atomic E-state index is 0.440. The molecule has 1 aliphatic rings. The first-order valence-electron chi connectivity index (χ1n) is 9.94. The van der Waals surface area contributed by atoms with Gasteiger partial charge in [-0.1, -0.05) is 42.5 Å². The van der Waals surface area contributed by atoms with Crippen molar-refractivity contribution in [3.05, 3.63) is 108 Å². The van der Waals surface area contributed by atoms with Gasteiger partial charge in [-0.2, -0.15) is 5.26 Å². The third kappa shape index (κ3) is 6.20. The van der Waals surface area contributed by atoms with Gasteiger partial charge in [-0.3, -0.25) is 0 Å². The molecule has 0 fully saturated rings. The highest BCUT2D eigenvalue weighted by Crippen LogP contribution is 2.22. The molecular formula is C25H24N6. The van der Waals surface area contributed by atoms with E-state index in [1.165, 1.54) is 7.05 Å². The largest absolute Gasteiger partial charge is 0.340 e. The fourth-order valence-electron chi connectivity index (χ4n) is 3.10. The normalized spacial score (nSPS) is 12.1. The summed E-state index contributed by atoms with van der Waals surface area (Å²) in [6.45, 7) is 0. The molecule has 1 aromatic carbocycles. The first kappa shape index (κ1) is 21.6. The number of pyridine rings is 1. The molecule has 0 spiro atoms. The van der Waals surface area contributed by atoms with Gasteiger partial charge in [0.2, 0.25) is 0 Å². The highest BCUT2D eigenvalue weighted by Gasteiger charge is 2.05. The summed E-state index contributed by atoms with van der Waals surface area (Å²) in [5, 5.41) is 12.3. The smallest absolute Gasteiger partial charge is 0.140 e. The van der Waals surface area contributed by atoms with Gasteiger partial charge in [-0.25, -0.2) is 15.0 Å². The molecule has 0 saturated heterocycles. The summed E-state index contributed by atoms with van der Waals surface area (Å²) < 4.78 is 0. The van der Waals surface area contributed by atoms with E-state index in [0.29, 0.717) is 5.69 Å². The van der Waals surface area contributed by atoms with Gasteiger partial charge in [0.05, 0.1) is 5.69 Å². The van der Waals surface area contributed by atoms with Crippen molar-refractivity contribution in [3.63, 3.8) is 0 Å². The molecule has 1 aliphatic carbocycles. The van der Waals surface area contributed by atoms with Crippen LogP contribution < -0.4 is 11.1 Å². The molecule has 0 unspecified atom stereocenters. The van der Waals surface area contributed by atoms with E-state index in [4.69, 9.17) is 5.26 Å². The standard InChI is InChI=1S/C24H19N5.CH5N/c25-16-22-14-19(11-12-26-22)13-18-7-9-21(10-8-18)29-24-15-23(27-17-28-24)20-5-3-1-2-4-6-20;1-2/h1-5,7-12,14-15,17H,6,13H2,(H,27,28,29);2H2,1H3. The number of nitrogens with two attached hydrogens (primary N) is 1. The molecule has 0 atom stereocenters. The van der Waals surface area contributed by atoms with Gasteiger partial charge >= 0.3 is 0 Å². The average molecular weight is 409 g/mol. The summed E-state index contributed by atoms with van der Waals surface area (Å²) in [4.78, 5) is 12.8. The highest BCUT2D eigenvalue weighted by atomic mass is 15.0. The number of nitriles is 1. The maximum atomic E-state index is 8.98. The fraction of sp³-hybridized carbons (Fsp3) is 0.120. The van der Waals surface area contributed by atoms with Crippen LogP contribution >= 0.6 is 0 Å². The lowest BCUT2D eigenvalue weighted by Gasteiger charge is -2.09. The lowest BCUT2D eigenvalue weighted by atomic mass is 10.0. The monoisotopic (exact) mass is 408 g/mol. The second kappa shape index (κ2) is 11.2. The fourth-order valence-corrected chi connectivity index (χ4v) is 3.10. The zero-order chi connectivity index (χ0) is 21.9. The van der Waals surface area contributed by atoms with Crippen LogP contribution in [-0.2, 0) is 6.42 Å². The van der Waals surface area contributed by atoms with Crippen molar-refractivity contribution in [1.29, 1.82) is 5.26 Å². The zero-order valence-corrected chi connectivity index (χ0v) is 17.4. The van der Waals surface area contributed by atoms with Crippen molar-refractivity contribution in [1.82, 2.24) is 15.0 Å². The minimum absolute atomic E-state index is 0.440. The number of rotatable bonds is 5. The first-order chi connectivity index (χ1) is 15.3. The van der Waals surface area contributed by atoms with Crippen LogP contribution in [0.4, 0.5) is 11.5 Å². The molecule has 0 bridgehead atoms. The zero-order valence-electron chi connectivity index (χ0n) is 17.4. The lowest BCUT2D eigenvalue weighted by molar-refractivity contribution is 1.13. The molecule has 154 valence electrons. The topological polar surface area (TPSA) is 101 Å². The van der Waals surface area contributed by atoms with Crippen molar-refractivity contribution in [2.75, 3.05) is 12.4 Å². The quantitative estimate of drug-likeness (QED) is 0.642. The van der Waals surface area contributed by atoms with Crippen LogP contribution in [0.25, 0.3) is 5.57 Å². The molecule has 6 heteroatoms. The lowest BCUT2D eigenvalue weighted by Crippen LogP contribution is -1.98. The summed E-state index contributed by atoms with van der Waals surface area (Å²) >= 11 is 0. The summed E-state index contributed by atoms with van der Waals surface area (Å²) in [5.74, 6) is 0.758. The molecule has 0 radical (unpaired) electrons. The van der Waals surface area contributed by atoms with E-state index < -0.39 is 0 Å². The van der Waals surface area contributed by atoms with Crippen LogP contribution in [0.1, 0.15) is 28.9 Å². The van der Waals surface area contributed by atoms with Gasteiger partial charge in [0.15, 0.2) is 0 Å². The van der Waals surface area contributed by atoms with Crippen molar-refractivity contribution in [3.8, 4) is 6.07 Å². The SMILES string of the molecule is CN.N#Cc1cc(Cc2ccc(Nc3cc(C4=CC=CC=CC4)ncn3)cc2)ccn1. The Balaban J connectivity index is 0.00000132. The van der Waals surface area contributed by atoms with E-state index in [-0.39, 0.29) is 0 Å². The maximum Gasteiger partial charge on any atom is 0.140 e. The van der Waals surface area contributed by atoms with Crippen LogP contribution in [0.5, 0.6) is 0 Å². The van der Waals surface area contributed by atoms with Crippen LogP contribution in [-0.4, -0.2) is 22.0 Å². The Kier molecular flexibility index (Phi) is 7.81. The Bertz CT molecular complexity index is 1140. The Morgan fingerprint density at radius 3 is 2.61 bits per heavy atom. The predicted molar refractivity (Wildman–Crippen MR) is 125 cm³/mol. The molecule has 0 saturated carbocycles. The molecule has 0 aliphatic heterocycles. The van der Waals surface area contributed by atoms with E-state index in [9.17, 15) is 0 Å². The molecule has 2 aromatic heterocycles. The number of nitrogens with one attached hydrogen (secondary N) is 1. The summed E-state index contributed by atoms with van der Waals surface area (Å²) in [7, 11) is 1.50. The van der Waals surface area contributed by atoms with Gasteiger partial charge in [0.25, 0.3) is 0 Å². The van der Waals surface area contributed by atoms with Crippen LogP contribution in [0, 0.1) is 11.3 Å². The Labute approximate surface area is 182 Å². The number of aromatic nitrogens is 3. The van der Waals surface area contributed by atoms with Crippen LogP contribution in [0.15, 0.2) is 85.4 Å². The average Bonchev–Trinajstić information content (AvgIpc) is 3.12. The number of hydrogen-bond acceptors (Lipinski definition) is 6. The van der Waals surface area contributed by atoms with Gasteiger partial charge in [0, 0.05) is 18.0 Å². The number of hydrogen-bond donors (Lipinski definition) is 2. The molecular weight excluding hydrogens is 384 g/mol. The minimum Gasteiger partial charge on any atom is -0.340 e. The Morgan fingerprint density at radius 1 is 0.968 bits per heavy atom. The molecule has 3 aromatic rings. The van der Waals surface area contributed by atoms with Gasteiger partial charge in [-0.15, -0.1) is 0 Å². The molecule has 4 rings (SSSR count). The van der Waals surface area contributed by atoms with E-state index in [1.54, 1.807) is 12.5 Å². The molecule has 0 amide bonds. The number of nitrogens with zero attached hydrogens (tertiary/aromatic N) is 4. The Morgan fingerprint density at radius 2 is 1.81 bits per heavy atom. The van der Waals surface area contributed by atoms with E-state index in [2.05, 4.69) is 56.4 Å². The second-order valence-corrected chi connectivity index (χ2v) is 6.66. The third-order valence-corrected chi connectivity index (χ3v) is 4.56. The van der Waals surface area contributed by atoms with Crippen molar-refractivity contribution in [2.45, 2.75) is 12.8 Å². The number of allylic oxidation sites excluding steroid dienone is 6. The van der Waals surface area contributed by atoms with Crippen LogP contribution in [0.3, 0.4) is 0 Å². The predicted octanol–water partition coefficient (Wildman–Crippen LogP) is 4.55. The van der Waals surface area contributed by atoms with Gasteiger partial charge < -0.3 is 11.1 Å². The molecule has 6 nitrogen and oxygen atoms in total. The van der Waals surface area contributed by atoms with Gasteiger partial charge in [0.1, 0.15) is 23.9 Å². The molecule has 2 heterocycles. The third-order valence-electron chi connectivity index (χ3n) is 4.56.